The molecule has 0 aromatic carbocycles. The zero-order valence-corrected chi connectivity index (χ0v) is 8.95. The van der Waals surface area contributed by atoms with Gasteiger partial charge in [-0.1, -0.05) is 0 Å². The molecule has 58 valence electrons. The molecule has 0 saturated heterocycles. The van der Waals surface area contributed by atoms with Gasteiger partial charge in [-0.05, 0) is 17.2 Å². The third-order valence-electron chi connectivity index (χ3n) is 1.84. The van der Waals surface area contributed by atoms with Gasteiger partial charge in [-0.3, -0.25) is 0 Å². The topological polar surface area (TPSA) is 9.49 Å². The van der Waals surface area contributed by atoms with E-state index in [2.05, 4.69) is 63.0 Å². The van der Waals surface area contributed by atoms with E-state index in [4.69, 9.17) is 0 Å². The molecule has 0 radical (unpaired) electrons. The van der Waals surface area contributed by atoms with Crippen LogP contribution in [0.2, 0.25) is 0 Å². The van der Waals surface area contributed by atoms with Crippen LogP contribution in [0.3, 0.4) is 0 Å². The molecule has 1 aliphatic heterocycles. The Labute approximate surface area is 75.7 Å². The Morgan fingerprint density at radius 2 is 2.00 bits per heavy atom. The minimum atomic E-state index is 0.149. The molecule has 1 rings (SSSR count). The average Bonchev–Trinajstić information content (AvgIpc) is 1.95. The molecule has 3 nitrogen and oxygen atoms in total. The van der Waals surface area contributed by atoms with Gasteiger partial charge in [0.1, 0.15) is 5.54 Å². The van der Waals surface area contributed by atoms with Gasteiger partial charge in [0.2, 0.25) is 0 Å². The van der Waals surface area contributed by atoms with Crippen LogP contribution in [0.15, 0.2) is 0 Å². The standard InChI is InChI=1S/C6H13IN3/c1-6(2)5-8(3)10(7)9(6)4/h5H,1-4H3/q+1. The second-order valence-corrected chi connectivity index (χ2v) is 3.98. The highest BCUT2D eigenvalue weighted by Crippen LogP contribution is 2.21. The van der Waals surface area contributed by atoms with E-state index >= 15 is 0 Å². The molecule has 0 aromatic heterocycles. The van der Waals surface area contributed by atoms with E-state index in [-0.39, 0.29) is 5.54 Å². The quantitative estimate of drug-likeness (QED) is 0.361. The van der Waals surface area contributed by atoms with Crippen LogP contribution in [0.25, 0.3) is 0 Å². The lowest BCUT2D eigenvalue weighted by atomic mass is 10.1. The second kappa shape index (κ2) is 2.34. The first-order valence-electron chi connectivity index (χ1n) is 3.23. The molecule has 1 heterocycles. The summed E-state index contributed by atoms with van der Waals surface area (Å²) in [5.41, 5.74) is 0.149. The number of hydrazone groups is 1. The van der Waals surface area contributed by atoms with Gasteiger partial charge in [0, 0.05) is 7.05 Å². The third kappa shape index (κ3) is 1.14. The molecule has 0 unspecified atom stereocenters. The maximum atomic E-state index is 2.26. The number of halogens is 1. The predicted octanol–water partition coefficient (Wildman–Crippen LogP) is 0.905. The van der Waals surface area contributed by atoms with E-state index in [0.29, 0.717) is 0 Å². The summed E-state index contributed by atoms with van der Waals surface area (Å²) in [6, 6.07) is 0. The number of hydrazine groups is 2. The lowest BCUT2D eigenvalue weighted by Gasteiger charge is -2.23. The minimum Gasteiger partial charge on any atom is -0.150 e. The van der Waals surface area contributed by atoms with Crippen LogP contribution in [0.5, 0.6) is 0 Å². The number of rotatable bonds is 0. The molecule has 1 aliphatic rings. The van der Waals surface area contributed by atoms with Crippen molar-refractivity contribution in [2.75, 3.05) is 14.1 Å². The first-order valence-corrected chi connectivity index (χ1v) is 4.20. The van der Waals surface area contributed by atoms with Crippen LogP contribution in [-0.4, -0.2) is 38.9 Å². The molecule has 4 heteroatoms. The maximum Gasteiger partial charge on any atom is 0.194 e. The van der Waals surface area contributed by atoms with Crippen LogP contribution < -0.4 is 0 Å². The van der Waals surface area contributed by atoms with Crippen molar-refractivity contribution in [3.63, 3.8) is 0 Å². The molecule has 0 fully saturated rings. The lowest BCUT2D eigenvalue weighted by molar-refractivity contribution is -0.640. The summed E-state index contributed by atoms with van der Waals surface area (Å²) >= 11 is 2.26. The fourth-order valence-electron chi connectivity index (χ4n) is 1.01. The van der Waals surface area contributed by atoms with E-state index in [1.165, 1.54) is 0 Å². The Bertz CT molecular complexity index is 176. The SMILES string of the molecule is CN1N(I)[N+](C)=CC1(C)C. The summed E-state index contributed by atoms with van der Waals surface area (Å²) < 4.78 is 4.12. The van der Waals surface area contributed by atoms with Crippen molar-refractivity contribution < 1.29 is 4.68 Å². The molecule has 0 N–H and O–H groups in total. The van der Waals surface area contributed by atoms with Crippen molar-refractivity contribution in [1.29, 1.82) is 0 Å². The van der Waals surface area contributed by atoms with Crippen molar-refractivity contribution in [3.05, 3.63) is 0 Å². The summed E-state index contributed by atoms with van der Waals surface area (Å²) in [7, 11) is 4.12. The largest absolute Gasteiger partial charge is 0.194 e. The van der Waals surface area contributed by atoms with Crippen LogP contribution in [0.1, 0.15) is 13.8 Å². The van der Waals surface area contributed by atoms with Crippen LogP contribution in [0, 0.1) is 0 Å². The average molecular weight is 254 g/mol. The highest BCUT2D eigenvalue weighted by atomic mass is 127. The van der Waals surface area contributed by atoms with Gasteiger partial charge in [0.15, 0.2) is 36.1 Å². The van der Waals surface area contributed by atoms with Crippen LogP contribution in [0.4, 0.5) is 0 Å². The molecule has 0 bridgehead atoms. The van der Waals surface area contributed by atoms with Gasteiger partial charge in [0.25, 0.3) is 0 Å². The van der Waals surface area contributed by atoms with Crippen molar-refractivity contribution in [2.24, 2.45) is 0 Å². The molecule has 0 aromatic rings. The maximum absolute atomic E-state index is 2.26. The van der Waals surface area contributed by atoms with Crippen LogP contribution in [-0.2, 0) is 0 Å². The fraction of sp³-hybridized carbons (Fsp3) is 0.833. The Morgan fingerprint density at radius 1 is 1.50 bits per heavy atom. The number of nitrogens with zero attached hydrogens (tertiary/aromatic N) is 3. The molecular formula is C6H13IN3+. The van der Waals surface area contributed by atoms with Crippen molar-refractivity contribution in [3.8, 4) is 0 Å². The number of hydrogen-bond acceptors (Lipinski definition) is 2. The normalized spacial score (nSPS) is 25.3. The van der Waals surface area contributed by atoms with Crippen molar-refractivity contribution in [1.82, 2.24) is 8.34 Å². The zero-order valence-electron chi connectivity index (χ0n) is 6.80. The monoisotopic (exact) mass is 254 g/mol. The van der Waals surface area contributed by atoms with E-state index in [9.17, 15) is 0 Å². The molecule has 0 amide bonds. The Morgan fingerprint density at radius 3 is 2.10 bits per heavy atom. The predicted molar refractivity (Wildman–Crippen MR) is 49.9 cm³/mol. The lowest BCUT2D eigenvalue weighted by Crippen LogP contribution is -2.42. The first kappa shape index (κ1) is 8.26. The molecule has 0 saturated carbocycles. The first-order chi connectivity index (χ1) is 4.45. The summed E-state index contributed by atoms with van der Waals surface area (Å²) in [6.45, 7) is 4.37. The summed E-state index contributed by atoms with van der Waals surface area (Å²) in [5.74, 6) is 0. The Hall–Kier alpha value is 0.160. The Balaban J connectivity index is 2.87. The highest BCUT2D eigenvalue weighted by Gasteiger charge is 2.39. The molecular weight excluding hydrogens is 241 g/mol. The Kier molecular flexibility index (Phi) is 1.93. The summed E-state index contributed by atoms with van der Waals surface area (Å²) in [6.07, 6.45) is 2.18. The molecule has 0 atom stereocenters. The van der Waals surface area contributed by atoms with E-state index in [0.717, 1.165) is 0 Å². The van der Waals surface area contributed by atoms with Gasteiger partial charge < -0.3 is 0 Å². The van der Waals surface area contributed by atoms with Gasteiger partial charge in [-0.25, -0.2) is 0 Å². The van der Waals surface area contributed by atoms with E-state index in [1.807, 2.05) is 7.05 Å². The fourth-order valence-corrected chi connectivity index (χ4v) is 1.69. The van der Waals surface area contributed by atoms with Crippen molar-refractivity contribution >= 4 is 29.1 Å². The molecule has 10 heavy (non-hydrogen) atoms. The van der Waals surface area contributed by atoms with E-state index < -0.39 is 0 Å². The molecule has 0 aliphatic carbocycles. The van der Waals surface area contributed by atoms with Gasteiger partial charge >= 0.3 is 0 Å². The van der Waals surface area contributed by atoms with Gasteiger partial charge in [-0.2, -0.15) is 0 Å². The smallest absolute Gasteiger partial charge is 0.150 e. The third-order valence-corrected chi connectivity index (χ3v) is 3.17. The molecule has 0 spiro atoms. The van der Waals surface area contributed by atoms with Crippen molar-refractivity contribution in [2.45, 2.75) is 19.4 Å². The van der Waals surface area contributed by atoms with Crippen LogP contribution >= 0.6 is 22.9 Å². The van der Waals surface area contributed by atoms with E-state index in [1.54, 1.807) is 0 Å². The summed E-state index contributed by atoms with van der Waals surface area (Å²) in [4.78, 5) is 0. The summed E-state index contributed by atoms with van der Waals surface area (Å²) in [5, 5.41) is 2.17. The zero-order chi connectivity index (χ0) is 7.94. The number of hydrogen-bond donors (Lipinski definition) is 0. The second-order valence-electron chi connectivity index (χ2n) is 3.12. The van der Waals surface area contributed by atoms with Gasteiger partial charge in [0.05, 0.1) is 0 Å². The van der Waals surface area contributed by atoms with Gasteiger partial charge in [-0.15, -0.1) is 9.69 Å². The minimum absolute atomic E-state index is 0.149. The highest BCUT2D eigenvalue weighted by molar-refractivity contribution is 14.1.